The third-order valence-corrected chi connectivity index (χ3v) is 4.28. The van der Waals surface area contributed by atoms with Crippen molar-refractivity contribution in [2.75, 3.05) is 0 Å². The normalized spacial score (nSPS) is 25.9. The first-order valence-electron chi connectivity index (χ1n) is 7.46. The third kappa shape index (κ3) is 2.64. The zero-order valence-corrected chi connectivity index (χ0v) is 12.0. The molecule has 2 unspecified atom stereocenters. The van der Waals surface area contributed by atoms with Gasteiger partial charge in [0.15, 0.2) is 0 Å². The Kier molecular flexibility index (Phi) is 3.66. The highest BCUT2D eigenvalue weighted by Gasteiger charge is 2.47. The first-order valence-corrected chi connectivity index (χ1v) is 7.46. The number of hydrogen-bond donors (Lipinski definition) is 1. The molecule has 0 aromatic heterocycles. The first kappa shape index (κ1) is 14.0. The van der Waals surface area contributed by atoms with Crippen LogP contribution < -0.4 is 5.32 Å². The Morgan fingerprint density at radius 1 is 1.29 bits per heavy atom. The summed E-state index contributed by atoms with van der Waals surface area (Å²) in [5, 5.41) is 2.79. The molecule has 0 bridgehead atoms. The van der Waals surface area contributed by atoms with Gasteiger partial charge in [-0.05, 0) is 31.2 Å². The fourth-order valence-corrected chi connectivity index (χ4v) is 2.94. The Bertz CT molecular complexity index is 571. The van der Waals surface area contributed by atoms with Crippen molar-refractivity contribution in [1.29, 1.82) is 0 Å². The number of nitrogens with one attached hydrogen (secondary N) is 1. The maximum atomic E-state index is 13.9. The molecule has 112 valence electrons. The van der Waals surface area contributed by atoms with Gasteiger partial charge in [-0.15, -0.1) is 0 Å². The van der Waals surface area contributed by atoms with Gasteiger partial charge in [0, 0.05) is 12.1 Å². The van der Waals surface area contributed by atoms with Gasteiger partial charge in [0.1, 0.15) is 17.9 Å². The average molecular weight is 290 g/mol. The van der Waals surface area contributed by atoms with E-state index in [1.165, 1.54) is 6.07 Å². The van der Waals surface area contributed by atoms with Crippen LogP contribution in [-0.4, -0.2) is 28.8 Å². The molecule has 1 heterocycles. The molecular weight excluding hydrogens is 271 g/mol. The Morgan fingerprint density at radius 2 is 2.00 bits per heavy atom. The molecule has 1 aromatic carbocycles. The van der Waals surface area contributed by atoms with E-state index in [1.54, 1.807) is 23.1 Å². The molecule has 2 amide bonds. The van der Waals surface area contributed by atoms with Gasteiger partial charge in [-0.25, -0.2) is 4.39 Å². The lowest BCUT2D eigenvalue weighted by Crippen LogP contribution is -2.63. The number of benzene rings is 1. The highest BCUT2D eigenvalue weighted by molar-refractivity contribution is 5.97. The highest BCUT2D eigenvalue weighted by atomic mass is 19.1. The summed E-state index contributed by atoms with van der Waals surface area (Å²) in [6.07, 6.45) is 2.46. The molecule has 3 rings (SSSR count). The van der Waals surface area contributed by atoms with Gasteiger partial charge in [-0.3, -0.25) is 9.59 Å². The molecule has 2 fully saturated rings. The smallest absolute Gasteiger partial charge is 0.246 e. The van der Waals surface area contributed by atoms with Gasteiger partial charge in [0.05, 0.1) is 0 Å². The second-order valence-corrected chi connectivity index (χ2v) is 5.81. The van der Waals surface area contributed by atoms with Crippen molar-refractivity contribution in [2.45, 2.75) is 44.8 Å². The Labute approximate surface area is 123 Å². The Hall–Kier alpha value is -1.91. The van der Waals surface area contributed by atoms with E-state index in [1.807, 2.05) is 6.92 Å². The quantitative estimate of drug-likeness (QED) is 0.920. The molecule has 1 aliphatic heterocycles. The van der Waals surface area contributed by atoms with Crippen molar-refractivity contribution in [3.8, 4) is 0 Å². The van der Waals surface area contributed by atoms with Crippen LogP contribution in [0.2, 0.25) is 0 Å². The Balaban J connectivity index is 1.89. The number of amides is 2. The summed E-state index contributed by atoms with van der Waals surface area (Å²) < 4.78 is 13.9. The minimum atomic E-state index is -0.487. The summed E-state index contributed by atoms with van der Waals surface area (Å²) in [5.74, 6) is -0.310. The molecule has 0 spiro atoms. The molecular formula is C16H19FN2O2. The van der Waals surface area contributed by atoms with E-state index in [0.717, 1.165) is 12.8 Å². The van der Waals surface area contributed by atoms with Crippen molar-refractivity contribution in [3.05, 3.63) is 35.6 Å². The Morgan fingerprint density at radius 3 is 2.62 bits per heavy atom. The van der Waals surface area contributed by atoms with Crippen LogP contribution in [-0.2, 0) is 16.1 Å². The predicted molar refractivity (Wildman–Crippen MR) is 75.7 cm³/mol. The minimum absolute atomic E-state index is 0.0970. The van der Waals surface area contributed by atoms with E-state index in [0.29, 0.717) is 12.0 Å². The zero-order valence-electron chi connectivity index (χ0n) is 12.0. The molecule has 5 heteroatoms. The van der Waals surface area contributed by atoms with Crippen LogP contribution in [0, 0.1) is 11.7 Å². The molecule has 1 aliphatic carbocycles. The first-order chi connectivity index (χ1) is 10.1. The molecule has 1 aromatic rings. The third-order valence-electron chi connectivity index (χ3n) is 4.28. The lowest BCUT2D eigenvalue weighted by atomic mass is 10.0. The van der Waals surface area contributed by atoms with Crippen LogP contribution in [0.3, 0.4) is 0 Å². The predicted octanol–water partition coefficient (Wildman–Crippen LogP) is 1.84. The van der Waals surface area contributed by atoms with Crippen LogP contribution in [0.5, 0.6) is 0 Å². The van der Waals surface area contributed by atoms with E-state index in [9.17, 15) is 14.0 Å². The van der Waals surface area contributed by atoms with E-state index < -0.39 is 12.1 Å². The van der Waals surface area contributed by atoms with Crippen molar-refractivity contribution in [2.24, 2.45) is 5.92 Å². The molecule has 21 heavy (non-hydrogen) atoms. The summed E-state index contributed by atoms with van der Waals surface area (Å²) in [4.78, 5) is 26.4. The molecule has 1 saturated heterocycles. The number of nitrogens with zero attached hydrogens (tertiary/aromatic N) is 1. The van der Waals surface area contributed by atoms with Gasteiger partial charge in [0.2, 0.25) is 11.8 Å². The fourth-order valence-electron chi connectivity index (χ4n) is 2.94. The summed E-state index contributed by atoms with van der Waals surface area (Å²) in [7, 11) is 0. The number of halogens is 1. The topological polar surface area (TPSA) is 49.4 Å². The van der Waals surface area contributed by atoms with Gasteiger partial charge in [0.25, 0.3) is 0 Å². The number of carbonyl (C=O) groups is 2. The number of carbonyl (C=O) groups excluding carboxylic acids is 2. The summed E-state index contributed by atoms with van der Waals surface area (Å²) in [6, 6.07) is 5.49. The molecule has 0 radical (unpaired) electrons. The van der Waals surface area contributed by atoms with E-state index >= 15 is 0 Å². The summed E-state index contributed by atoms with van der Waals surface area (Å²) >= 11 is 0. The van der Waals surface area contributed by atoms with Crippen molar-refractivity contribution >= 4 is 11.8 Å². The van der Waals surface area contributed by atoms with E-state index in [2.05, 4.69) is 5.32 Å². The van der Waals surface area contributed by atoms with Crippen molar-refractivity contribution in [1.82, 2.24) is 10.2 Å². The van der Waals surface area contributed by atoms with Crippen LogP contribution in [0.4, 0.5) is 4.39 Å². The molecule has 1 saturated carbocycles. The maximum Gasteiger partial charge on any atom is 0.246 e. The zero-order chi connectivity index (χ0) is 15.0. The minimum Gasteiger partial charge on any atom is -0.343 e. The molecule has 4 nitrogen and oxygen atoms in total. The second-order valence-electron chi connectivity index (χ2n) is 5.81. The van der Waals surface area contributed by atoms with Crippen LogP contribution in [0.15, 0.2) is 24.3 Å². The van der Waals surface area contributed by atoms with Crippen molar-refractivity contribution < 1.29 is 14.0 Å². The molecule has 1 N–H and O–H groups in total. The van der Waals surface area contributed by atoms with E-state index in [4.69, 9.17) is 0 Å². The van der Waals surface area contributed by atoms with Gasteiger partial charge in [-0.2, -0.15) is 0 Å². The van der Waals surface area contributed by atoms with Crippen LogP contribution in [0.1, 0.15) is 31.7 Å². The number of hydrogen-bond acceptors (Lipinski definition) is 2. The average Bonchev–Trinajstić information content (AvgIpc) is 3.29. The van der Waals surface area contributed by atoms with Crippen molar-refractivity contribution in [3.63, 3.8) is 0 Å². The maximum absolute atomic E-state index is 13.9. The molecule has 2 atom stereocenters. The fraction of sp³-hybridized carbons (Fsp3) is 0.500. The van der Waals surface area contributed by atoms with Crippen LogP contribution >= 0.6 is 0 Å². The second kappa shape index (κ2) is 5.47. The SMILES string of the molecule is CCC1NC(=O)C(C2CC2)N(Cc2ccccc2F)C1=O. The van der Waals surface area contributed by atoms with Gasteiger partial charge in [-0.1, -0.05) is 25.1 Å². The number of piperazine rings is 1. The summed E-state index contributed by atoms with van der Waals surface area (Å²) in [5.41, 5.74) is 0.459. The van der Waals surface area contributed by atoms with Crippen LogP contribution in [0.25, 0.3) is 0 Å². The standard InChI is InChI=1S/C16H19FN2O2/c1-2-13-16(21)19(9-11-5-3-4-6-12(11)17)14(10-7-8-10)15(20)18-13/h3-6,10,13-14H,2,7-9H2,1H3,(H,18,20). The summed E-state index contributed by atoms with van der Waals surface area (Å²) in [6.45, 7) is 2.03. The van der Waals surface area contributed by atoms with Gasteiger partial charge >= 0.3 is 0 Å². The highest BCUT2D eigenvalue weighted by Crippen LogP contribution is 2.37. The van der Waals surface area contributed by atoms with E-state index in [-0.39, 0.29) is 30.1 Å². The molecule has 2 aliphatic rings. The largest absolute Gasteiger partial charge is 0.343 e. The lowest BCUT2D eigenvalue weighted by molar-refractivity contribution is -0.151. The van der Waals surface area contributed by atoms with Gasteiger partial charge < -0.3 is 10.2 Å². The lowest BCUT2D eigenvalue weighted by Gasteiger charge is -2.39. The number of rotatable bonds is 4. The monoisotopic (exact) mass is 290 g/mol.